The fraction of sp³-hybridized carbons (Fsp3) is 0.704. The van der Waals surface area contributed by atoms with Gasteiger partial charge in [-0.3, -0.25) is 4.31 Å². The molecule has 3 rings (SSSR count). The summed E-state index contributed by atoms with van der Waals surface area (Å²) in [5, 5.41) is 4.30. The lowest BCUT2D eigenvalue weighted by Gasteiger charge is -2.29. The zero-order valence-corrected chi connectivity index (χ0v) is 20.9. The van der Waals surface area contributed by atoms with E-state index in [1.54, 1.807) is 0 Å². The van der Waals surface area contributed by atoms with Crippen LogP contribution < -0.4 is 5.32 Å². The van der Waals surface area contributed by atoms with Crippen LogP contribution in [-0.4, -0.2) is 35.7 Å². The molecule has 0 radical (unpaired) electrons. The first-order chi connectivity index (χ1) is 14.7. The highest BCUT2D eigenvalue weighted by Crippen LogP contribution is 2.34. The van der Waals surface area contributed by atoms with Crippen molar-refractivity contribution in [3.8, 4) is 0 Å². The maximum atomic E-state index is 3.64. The molecule has 1 aliphatic heterocycles. The topological polar surface area (TPSA) is 15.3 Å². The Hall–Kier alpha value is -0.770. The first-order valence-electron chi connectivity index (χ1n) is 12.6. The Balaban J connectivity index is 0.00000155. The predicted molar refractivity (Wildman–Crippen MR) is 136 cm³/mol. The number of hydrogen-bond acceptors (Lipinski definition) is 3. The van der Waals surface area contributed by atoms with Gasteiger partial charge in [-0.05, 0) is 68.7 Å². The Morgan fingerprint density at radius 1 is 0.900 bits per heavy atom. The molecule has 170 valence electrons. The van der Waals surface area contributed by atoms with Crippen LogP contribution in [0.3, 0.4) is 0 Å². The number of nitrogens with zero attached hydrogens (tertiary/aromatic N) is 1. The molecule has 0 amide bonds. The van der Waals surface area contributed by atoms with E-state index in [0.29, 0.717) is 11.2 Å². The number of hydrogen-bond donors (Lipinski definition) is 1. The lowest BCUT2D eigenvalue weighted by atomic mass is 9.88. The summed E-state index contributed by atoms with van der Waals surface area (Å²) < 4.78 is 2.67. The van der Waals surface area contributed by atoms with Gasteiger partial charge < -0.3 is 5.32 Å². The molecule has 1 aromatic carbocycles. The summed E-state index contributed by atoms with van der Waals surface area (Å²) in [6, 6.07) is 9.28. The second-order valence-corrected chi connectivity index (χ2v) is 10.1. The van der Waals surface area contributed by atoms with Gasteiger partial charge in [-0.15, -0.1) is 0 Å². The van der Waals surface area contributed by atoms with Crippen molar-refractivity contribution in [2.24, 2.45) is 5.92 Å². The van der Waals surface area contributed by atoms with Gasteiger partial charge in [-0.25, -0.2) is 0 Å². The Morgan fingerprint density at radius 2 is 1.67 bits per heavy atom. The molecule has 30 heavy (non-hydrogen) atoms. The molecule has 3 unspecified atom stereocenters. The molecule has 1 saturated heterocycles. The molecular weight excluding hydrogens is 384 g/mol. The molecule has 3 atom stereocenters. The Morgan fingerprint density at radius 3 is 2.37 bits per heavy atom. The van der Waals surface area contributed by atoms with E-state index in [0.717, 1.165) is 12.3 Å². The molecule has 0 spiro atoms. The summed E-state index contributed by atoms with van der Waals surface area (Å²) in [5.41, 5.74) is 2.93. The standard InChI is InChI=1S/C25H40N2S.C2H6/c1-3-22-8-10-23(11-9-22)24-12-14-25(15-13-24)28-27-19-5-4-7-21(2)16-18-26-17-6-20-27;1-2/h8-12,14,21,24-26H,3-7,13,15-20H2,1-2H3;1-2H3. The highest BCUT2D eigenvalue weighted by molar-refractivity contribution is 7.97. The SMILES string of the molecule is CC.CCc1ccc(C2C=CC(SN3CCCCC(C)CCNCCC3)CC2)cc1. The quantitative estimate of drug-likeness (QED) is 0.401. The van der Waals surface area contributed by atoms with Crippen LogP contribution in [0.25, 0.3) is 0 Å². The third-order valence-electron chi connectivity index (χ3n) is 6.35. The van der Waals surface area contributed by atoms with E-state index in [1.807, 2.05) is 13.8 Å². The van der Waals surface area contributed by atoms with Crippen LogP contribution >= 0.6 is 11.9 Å². The van der Waals surface area contributed by atoms with Crippen molar-refractivity contribution in [1.82, 2.24) is 9.62 Å². The highest BCUT2D eigenvalue weighted by atomic mass is 32.2. The van der Waals surface area contributed by atoms with Crippen LogP contribution in [0.15, 0.2) is 36.4 Å². The van der Waals surface area contributed by atoms with E-state index in [4.69, 9.17) is 0 Å². The third-order valence-corrected chi connectivity index (χ3v) is 7.68. The fourth-order valence-corrected chi connectivity index (χ4v) is 5.60. The lowest BCUT2D eigenvalue weighted by Crippen LogP contribution is -2.27. The molecule has 1 N–H and O–H groups in total. The van der Waals surface area contributed by atoms with Gasteiger partial charge in [-0.2, -0.15) is 0 Å². The van der Waals surface area contributed by atoms with Crippen molar-refractivity contribution in [3.63, 3.8) is 0 Å². The normalized spacial score (nSPS) is 26.7. The summed E-state index contributed by atoms with van der Waals surface area (Å²) in [7, 11) is 0. The van der Waals surface area contributed by atoms with Gasteiger partial charge in [0, 0.05) is 24.3 Å². The lowest BCUT2D eigenvalue weighted by molar-refractivity contribution is 0.386. The summed E-state index contributed by atoms with van der Waals surface area (Å²) in [6.45, 7) is 13.5. The second-order valence-electron chi connectivity index (χ2n) is 8.73. The molecule has 1 heterocycles. The van der Waals surface area contributed by atoms with Crippen molar-refractivity contribution in [3.05, 3.63) is 47.5 Å². The molecule has 3 heteroatoms. The zero-order valence-electron chi connectivity index (χ0n) is 20.0. The maximum absolute atomic E-state index is 3.64. The molecular formula is C27H46N2S. The van der Waals surface area contributed by atoms with Crippen LogP contribution in [-0.2, 0) is 6.42 Å². The van der Waals surface area contributed by atoms with E-state index in [9.17, 15) is 0 Å². The summed E-state index contributed by atoms with van der Waals surface area (Å²) >= 11 is 2.11. The summed E-state index contributed by atoms with van der Waals surface area (Å²) in [5.74, 6) is 1.48. The largest absolute Gasteiger partial charge is 0.317 e. The summed E-state index contributed by atoms with van der Waals surface area (Å²) in [6.07, 6.45) is 15.4. The Kier molecular flexibility index (Phi) is 12.8. The molecule has 0 aromatic heterocycles. The smallest absolute Gasteiger partial charge is 0.0375 e. The van der Waals surface area contributed by atoms with Crippen LogP contribution in [0.1, 0.15) is 89.7 Å². The van der Waals surface area contributed by atoms with E-state index < -0.39 is 0 Å². The molecule has 2 nitrogen and oxygen atoms in total. The first kappa shape index (κ1) is 25.5. The average molecular weight is 431 g/mol. The van der Waals surface area contributed by atoms with Crippen molar-refractivity contribution >= 4 is 11.9 Å². The second kappa shape index (κ2) is 15.1. The third kappa shape index (κ3) is 9.16. The fourth-order valence-electron chi connectivity index (χ4n) is 4.35. The zero-order chi connectivity index (χ0) is 21.6. The number of allylic oxidation sites excluding steroid dienone is 1. The molecule has 0 bridgehead atoms. The van der Waals surface area contributed by atoms with Crippen molar-refractivity contribution in [1.29, 1.82) is 0 Å². The minimum absolute atomic E-state index is 0.611. The Bertz CT molecular complexity index is 583. The average Bonchev–Trinajstić information content (AvgIpc) is 2.79. The van der Waals surface area contributed by atoms with Gasteiger partial charge in [-0.1, -0.05) is 88.9 Å². The minimum Gasteiger partial charge on any atom is -0.317 e. The van der Waals surface area contributed by atoms with E-state index in [-0.39, 0.29) is 0 Å². The van der Waals surface area contributed by atoms with Gasteiger partial charge in [0.1, 0.15) is 0 Å². The molecule has 1 fully saturated rings. The number of rotatable bonds is 4. The van der Waals surface area contributed by atoms with Crippen LogP contribution in [0.5, 0.6) is 0 Å². The monoisotopic (exact) mass is 430 g/mol. The highest BCUT2D eigenvalue weighted by Gasteiger charge is 2.20. The molecule has 1 aromatic rings. The first-order valence-corrected chi connectivity index (χ1v) is 13.5. The van der Waals surface area contributed by atoms with Crippen LogP contribution in [0, 0.1) is 5.92 Å². The van der Waals surface area contributed by atoms with E-state index in [1.165, 1.54) is 82.3 Å². The van der Waals surface area contributed by atoms with E-state index >= 15 is 0 Å². The molecule has 2 aliphatic rings. The van der Waals surface area contributed by atoms with E-state index in [2.05, 4.69) is 71.8 Å². The van der Waals surface area contributed by atoms with Gasteiger partial charge >= 0.3 is 0 Å². The minimum atomic E-state index is 0.611. The van der Waals surface area contributed by atoms with Gasteiger partial charge in [0.15, 0.2) is 0 Å². The maximum Gasteiger partial charge on any atom is 0.0375 e. The Labute approximate surface area is 191 Å². The summed E-state index contributed by atoms with van der Waals surface area (Å²) in [4.78, 5) is 0. The number of benzene rings is 1. The van der Waals surface area contributed by atoms with Gasteiger partial charge in [0.25, 0.3) is 0 Å². The number of nitrogens with one attached hydrogen (secondary N) is 1. The predicted octanol–water partition coefficient (Wildman–Crippen LogP) is 7.22. The molecule has 1 aliphatic carbocycles. The van der Waals surface area contributed by atoms with Crippen molar-refractivity contribution in [2.75, 3.05) is 26.2 Å². The van der Waals surface area contributed by atoms with Crippen molar-refractivity contribution in [2.45, 2.75) is 90.2 Å². The molecule has 0 saturated carbocycles. The van der Waals surface area contributed by atoms with Crippen molar-refractivity contribution < 1.29 is 0 Å². The van der Waals surface area contributed by atoms with Crippen LogP contribution in [0.4, 0.5) is 0 Å². The van der Waals surface area contributed by atoms with Gasteiger partial charge in [0.05, 0.1) is 0 Å². The number of aryl methyl sites for hydroxylation is 1. The van der Waals surface area contributed by atoms with Gasteiger partial charge in [0.2, 0.25) is 0 Å². The van der Waals surface area contributed by atoms with Crippen LogP contribution in [0.2, 0.25) is 0 Å².